The molecule has 4 rings (SSSR count). The highest BCUT2D eigenvalue weighted by Gasteiger charge is 2.17. The zero-order valence-corrected chi connectivity index (χ0v) is 18.4. The Labute approximate surface area is 192 Å². The van der Waals surface area contributed by atoms with Crippen LogP contribution in [0.3, 0.4) is 0 Å². The summed E-state index contributed by atoms with van der Waals surface area (Å²) in [6.07, 6.45) is 3.02. The molecule has 2 heterocycles. The molecule has 0 unspecified atom stereocenters. The van der Waals surface area contributed by atoms with Gasteiger partial charge in [0.25, 0.3) is 5.91 Å². The van der Waals surface area contributed by atoms with Crippen molar-refractivity contribution in [3.63, 3.8) is 0 Å². The molecule has 1 amide bonds. The first-order valence-electron chi connectivity index (χ1n) is 10.7. The zero-order chi connectivity index (χ0) is 23.4. The number of pyridine rings is 1. The van der Waals surface area contributed by atoms with Crippen LogP contribution in [0, 0.1) is 5.82 Å². The highest BCUT2D eigenvalue weighted by molar-refractivity contribution is 6.07. The van der Waals surface area contributed by atoms with Gasteiger partial charge in [-0.1, -0.05) is 18.7 Å². The first-order valence-corrected chi connectivity index (χ1v) is 10.7. The van der Waals surface area contributed by atoms with Crippen molar-refractivity contribution in [3.8, 4) is 5.75 Å². The number of phenols is 1. The number of nitrogens with one attached hydrogen (secondary N) is 2. The van der Waals surface area contributed by atoms with Crippen molar-refractivity contribution in [2.24, 2.45) is 0 Å². The number of aromatic nitrogens is 1. The number of anilines is 4. The Morgan fingerprint density at radius 2 is 1.88 bits per heavy atom. The van der Waals surface area contributed by atoms with Gasteiger partial charge in [0.05, 0.1) is 5.56 Å². The number of rotatable bonds is 6. The molecule has 0 saturated carbocycles. The molecule has 0 radical (unpaired) electrons. The third-order valence-electron chi connectivity index (χ3n) is 5.64. The molecule has 7 nitrogen and oxygen atoms in total. The van der Waals surface area contributed by atoms with Crippen molar-refractivity contribution in [3.05, 3.63) is 78.3 Å². The summed E-state index contributed by atoms with van der Waals surface area (Å²) in [5.74, 6) is -1.20. The Morgan fingerprint density at radius 1 is 1.15 bits per heavy atom. The smallest absolute Gasteiger partial charge is 0.256 e. The Kier molecular flexibility index (Phi) is 6.55. The van der Waals surface area contributed by atoms with Crippen LogP contribution >= 0.6 is 0 Å². The SMILES string of the molecule is C=Cc1cnc(Nc2ccc(N3CCN(C)CC3)cc2)cc1C(=O)Nc1c(O)cccc1F. The second-order valence-electron chi connectivity index (χ2n) is 7.91. The van der Waals surface area contributed by atoms with Gasteiger partial charge < -0.3 is 25.5 Å². The predicted molar refractivity (Wildman–Crippen MR) is 130 cm³/mol. The fraction of sp³-hybridized carbons (Fsp3) is 0.200. The van der Waals surface area contributed by atoms with E-state index in [1.807, 2.05) is 12.1 Å². The van der Waals surface area contributed by atoms with Crippen molar-refractivity contribution in [2.75, 3.05) is 48.8 Å². The summed E-state index contributed by atoms with van der Waals surface area (Å²) in [6, 6.07) is 13.4. The number of aromatic hydroxyl groups is 1. The van der Waals surface area contributed by atoms with E-state index in [9.17, 15) is 14.3 Å². The van der Waals surface area contributed by atoms with Crippen molar-refractivity contribution >= 4 is 34.9 Å². The average Bonchev–Trinajstić information content (AvgIpc) is 2.82. The van der Waals surface area contributed by atoms with Crippen LogP contribution in [-0.2, 0) is 0 Å². The maximum atomic E-state index is 14.0. The molecular formula is C25H26FN5O2. The number of amides is 1. The molecule has 1 fully saturated rings. The van der Waals surface area contributed by atoms with E-state index < -0.39 is 11.7 Å². The van der Waals surface area contributed by atoms with Gasteiger partial charge in [0.2, 0.25) is 0 Å². The number of hydrogen-bond donors (Lipinski definition) is 3. The minimum absolute atomic E-state index is 0.249. The Balaban J connectivity index is 1.51. The molecule has 0 spiro atoms. The topological polar surface area (TPSA) is 80.7 Å². The molecule has 3 aromatic rings. The van der Waals surface area contributed by atoms with Crippen molar-refractivity contribution in [1.29, 1.82) is 0 Å². The quantitative estimate of drug-likeness (QED) is 0.489. The van der Waals surface area contributed by atoms with Gasteiger partial charge in [0.15, 0.2) is 5.82 Å². The van der Waals surface area contributed by atoms with Crippen LogP contribution in [0.15, 0.2) is 61.3 Å². The first kappa shape index (κ1) is 22.3. The number of benzene rings is 2. The van der Waals surface area contributed by atoms with E-state index in [4.69, 9.17) is 0 Å². The molecule has 33 heavy (non-hydrogen) atoms. The van der Waals surface area contributed by atoms with Gasteiger partial charge in [0, 0.05) is 49.3 Å². The molecule has 0 bridgehead atoms. The number of halogens is 1. The highest BCUT2D eigenvalue weighted by Crippen LogP contribution is 2.28. The monoisotopic (exact) mass is 447 g/mol. The minimum atomic E-state index is -0.726. The van der Waals surface area contributed by atoms with E-state index in [2.05, 4.69) is 51.2 Å². The molecule has 8 heteroatoms. The van der Waals surface area contributed by atoms with Gasteiger partial charge in [-0.25, -0.2) is 9.37 Å². The third-order valence-corrected chi connectivity index (χ3v) is 5.64. The maximum absolute atomic E-state index is 14.0. The van der Waals surface area contributed by atoms with Crippen LogP contribution in [0.4, 0.5) is 27.3 Å². The summed E-state index contributed by atoms with van der Waals surface area (Å²) < 4.78 is 14.0. The van der Waals surface area contributed by atoms with Crippen LogP contribution in [-0.4, -0.2) is 54.1 Å². The Hall–Kier alpha value is -3.91. The molecule has 1 aliphatic rings. The van der Waals surface area contributed by atoms with E-state index in [0.717, 1.165) is 43.6 Å². The second kappa shape index (κ2) is 9.70. The molecule has 0 atom stereocenters. The number of piperazine rings is 1. The lowest BCUT2D eigenvalue weighted by Gasteiger charge is -2.34. The van der Waals surface area contributed by atoms with Crippen LogP contribution in [0.1, 0.15) is 15.9 Å². The van der Waals surface area contributed by atoms with Crippen molar-refractivity contribution < 1.29 is 14.3 Å². The van der Waals surface area contributed by atoms with Crippen LogP contribution < -0.4 is 15.5 Å². The molecule has 1 saturated heterocycles. The van der Waals surface area contributed by atoms with E-state index in [0.29, 0.717) is 11.4 Å². The normalized spacial score (nSPS) is 14.1. The van der Waals surface area contributed by atoms with Gasteiger partial charge in [0.1, 0.15) is 17.3 Å². The Morgan fingerprint density at radius 3 is 2.55 bits per heavy atom. The molecule has 1 aliphatic heterocycles. The predicted octanol–water partition coefficient (Wildman–Crippen LogP) is 4.32. The number of hydrogen-bond acceptors (Lipinski definition) is 6. The molecule has 170 valence electrons. The minimum Gasteiger partial charge on any atom is -0.506 e. The molecular weight excluding hydrogens is 421 g/mol. The number of phenolic OH excluding ortho intramolecular Hbond substituents is 1. The van der Waals surface area contributed by atoms with Gasteiger partial charge in [-0.05, 0) is 49.5 Å². The van der Waals surface area contributed by atoms with Crippen molar-refractivity contribution in [1.82, 2.24) is 9.88 Å². The summed E-state index contributed by atoms with van der Waals surface area (Å²) in [5, 5.41) is 15.5. The van der Waals surface area contributed by atoms with Crippen LogP contribution in [0.5, 0.6) is 5.75 Å². The number of carbonyl (C=O) groups excluding carboxylic acids is 1. The van der Waals surface area contributed by atoms with E-state index in [1.54, 1.807) is 6.07 Å². The highest BCUT2D eigenvalue weighted by atomic mass is 19.1. The van der Waals surface area contributed by atoms with E-state index in [-0.39, 0.29) is 17.0 Å². The fourth-order valence-electron chi connectivity index (χ4n) is 3.68. The third kappa shape index (κ3) is 5.12. The van der Waals surface area contributed by atoms with E-state index >= 15 is 0 Å². The van der Waals surface area contributed by atoms with Gasteiger partial charge in [-0.2, -0.15) is 0 Å². The number of likely N-dealkylation sites (N-methyl/N-ethyl adjacent to an activating group) is 1. The van der Waals surface area contributed by atoms with E-state index in [1.165, 1.54) is 24.4 Å². The molecule has 0 aliphatic carbocycles. The van der Waals surface area contributed by atoms with Gasteiger partial charge in [-0.15, -0.1) is 0 Å². The number of nitrogens with zero attached hydrogens (tertiary/aromatic N) is 3. The maximum Gasteiger partial charge on any atom is 0.256 e. The van der Waals surface area contributed by atoms with Gasteiger partial charge in [-0.3, -0.25) is 4.79 Å². The molecule has 2 aromatic carbocycles. The Bertz CT molecular complexity index is 1140. The average molecular weight is 448 g/mol. The summed E-state index contributed by atoms with van der Waals surface area (Å²) >= 11 is 0. The molecule has 1 aromatic heterocycles. The zero-order valence-electron chi connectivity index (χ0n) is 18.4. The standard InChI is InChI=1S/C25H26FN5O2/c1-3-17-16-27-23(15-20(17)25(33)29-24-21(26)5-4-6-22(24)32)28-18-7-9-19(10-8-18)31-13-11-30(2)12-14-31/h3-10,15-16,32H,1,11-14H2,2H3,(H,27,28)(H,29,33). The number of para-hydroxylation sites is 1. The summed E-state index contributed by atoms with van der Waals surface area (Å²) in [7, 11) is 2.13. The lowest BCUT2D eigenvalue weighted by molar-refractivity contribution is 0.102. The van der Waals surface area contributed by atoms with Crippen LogP contribution in [0.25, 0.3) is 6.08 Å². The fourth-order valence-corrected chi connectivity index (χ4v) is 3.68. The summed E-state index contributed by atoms with van der Waals surface area (Å²) in [4.78, 5) is 21.9. The summed E-state index contributed by atoms with van der Waals surface area (Å²) in [5.41, 5.74) is 2.44. The second-order valence-corrected chi connectivity index (χ2v) is 7.91. The lowest BCUT2D eigenvalue weighted by Crippen LogP contribution is -2.44. The van der Waals surface area contributed by atoms with Crippen molar-refractivity contribution in [2.45, 2.75) is 0 Å². The molecule has 3 N–H and O–H groups in total. The summed E-state index contributed by atoms with van der Waals surface area (Å²) in [6.45, 7) is 7.77. The van der Waals surface area contributed by atoms with Gasteiger partial charge >= 0.3 is 0 Å². The van der Waals surface area contributed by atoms with Crippen LogP contribution in [0.2, 0.25) is 0 Å². The largest absolute Gasteiger partial charge is 0.506 e. The number of carbonyl (C=O) groups is 1. The lowest BCUT2D eigenvalue weighted by atomic mass is 10.1. The first-order chi connectivity index (χ1) is 15.9.